The Morgan fingerprint density at radius 1 is 1.18 bits per heavy atom. The highest BCUT2D eigenvalue weighted by Crippen LogP contribution is 2.43. The first kappa shape index (κ1) is 24.7. The molecule has 1 aliphatic rings. The number of carboxylic acid groups (broad SMARTS) is 1. The Morgan fingerprint density at radius 3 is 2.48 bits per heavy atom. The Kier molecular flexibility index (Phi) is 7.14. The second-order valence-electron chi connectivity index (χ2n) is 8.58. The minimum absolute atomic E-state index is 0.0602. The smallest absolute Gasteiger partial charge is 0.329 e. The summed E-state index contributed by atoms with van der Waals surface area (Å²) < 4.78 is 42.0. The van der Waals surface area contributed by atoms with Gasteiger partial charge in [-0.3, -0.25) is 0 Å². The molecule has 0 amide bonds. The van der Waals surface area contributed by atoms with Gasteiger partial charge in [0.15, 0.2) is 0 Å². The van der Waals surface area contributed by atoms with Gasteiger partial charge in [-0.25, -0.2) is 4.79 Å². The molecule has 0 spiro atoms. The molecule has 1 unspecified atom stereocenters. The van der Waals surface area contributed by atoms with Gasteiger partial charge in [0.1, 0.15) is 23.8 Å². The van der Waals surface area contributed by atoms with Gasteiger partial charge in [-0.05, 0) is 62.8 Å². The van der Waals surface area contributed by atoms with E-state index >= 15 is 0 Å². The molecule has 178 valence electrons. The van der Waals surface area contributed by atoms with Gasteiger partial charge in [-0.1, -0.05) is 30.3 Å². The molecule has 33 heavy (non-hydrogen) atoms. The van der Waals surface area contributed by atoms with E-state index < -0.39 is 21.6 Å². The molecule has 1 aliphatic heterocycles. The van der Waals surface area contributed by atoms with Crippen LogP contribution in [-0.4, -0.2) is 44.1 Å². The van der Waals surface area contributed by atoms with Gasteiger partial charge in [-0.2, -0.15) is 8.42 Å². The number of ether oxygens (including phenoxy) is 2. The maximum Gasteiger partial charge on any atom is 0.329 e. The van der Waals surface area contributed by atoms with Crippen LogP contribution in [0, 0.1) is 20.8 Å². The summed E-state index contributed by atoms with van der Waals surface area (Å²) in [7, 11) is -4.05. The molecule has 0 fully saturated rings. The number of sulfonamides is 1. The number of carbonyl (C=O) groups is 1. The lowest BCUT2D eigenvalue weighted by molar-refractivity contribution is -0.142. The van der Waals surface area contributed by atoms with Crippen molar-refractivity contribution < 1.29 is 27.8 Å². The molecule has 1 atom stereocenters. The first-order valence-corrected chi connectivity index (χ1v) is 12.2. The highest BCUT2D eigenvalue weighted by molar-refractivity contribution is 7.90. The number of fused-ring (bicyclic) bond motifs is 1. The Labute approximate surface area is 194 Å². The van der Waals surface area contributed by atoms with Crippen molar-refractivity contribution in [3.05, 3.63) is 58.1 Å². The van der Waals surface area contributed by atoms with Crippen LogP contribution in [0.1, 0.15) is 47.6 Å². The third kappa shape index (κ3) is 5.36. The molecule has 0 saturated heterocycles. The Hall–Kier alpha value is -2.91. The Bertz CT molecular complexity index is 1190. The van der Waals surface area contributed by atoms with Crippen LogP contribution in [0.25, 0.3) is 0 Å². The van der Waals surface area contributed by atoms with Crippen LogP contribution in [-0.2, 0) is 26.0 Å². The maximum atomic E-state index is 13.3. The Balaban J connectivity index is 1.94. The third-order valence-electron chi connectivity index (χ3n) is 6.11. The zero-order valence-corrected chi connectivity index (χ0v) is 20.2. The molecule has 0 aromatic heterocycles. The van der Waals surface area contributed by atoms with Gasteiger partial charge in [-0.15, -0.1) is 4.40 Å². The summed E-state index contributed by atoms with van der Waals surface area (Å²) in [5.74, 6) is -0.396. The highest BCUT2D eigenvalue weighted by atomic mass is 32.2. The maximum absolute atomic E-state index is 13.3. The predicted molar refractivity (Wildman–Crippen MR) is 125 cm³/mol. The van der Waals surface area contributed by atoms with Crippen LogP contribution in [0.3, 0.4) is 0 Å². The number of benzene rings is 2. The van der Waals surface area contributed by atoms with E-state index in [0.717, 1.165) is 11.1 Å². The lowest BCUT2D eigenvalue weighted by Gasteiger charge is -2.38. The van der Waals surface area contributed by atoms with Crippen LogP contribution in [0.2, 0.25) is 0 Å². The zero-order valence-electron chi connectivity index (χ0n) is 19.3. The molecule has 9 heteroatoms. The number of rotatable bonds is 8. The van der Waals surface area contributed by atoms with Crippen molar-refractivity contribution in [2.24, 2.45) is 10.1 Å². The number of carboxylic acids is 1. The number of hydrogen-bond acceptors (Lipinski definition) is 5. The lowest BCUT2D eigenvalue weighted by Crippen LogP contribution is -2.38. The van der Waals surface area contributed by atoms with E-state index in [1.807, 2.05) is 19.9 Å². The molecule has 0 saturated carbocycles. The largest absolute Gasteiger partial charge is 0.487 e. The van der Waals surface area contributed by atoms with Crippen LogP contribution >= 0.6 is 0 Å². The van der Waals surface area contributed by atoms with Crippen molar-refractivity contribution >= 4 is 21.8 Å². The zero-order chi connectivity index (χ0) is 24.4. The van der Waals surface area contributed by atoms with Gasteiger partial charge in [0.05, 0.1) is 11.5 Å². The van der Waals surface area contributed by atoms with Crippen molar-refractivity contribution in [2.45, 2.75) is 57.5 Å². The summed E-state index contributed by atoms with van der Waals surface area (Å²) in [4.78, 5) is 10.8. The van der Waals surface area contributed by atoms with E-state index in [1.54, 1.807) is 38.1 Å². The number of nitrogens with two attached hydrogens (primary N) is 1. The molecular weight excluding hydrogens is 444 g/mol. The monoisotopic (exact) mass is 474 g/mol. The molecule has 1 heterocycles. The van der Waals surface area contributed by atoms with Gasteiger partial charge < -0.3 is 20.3 Å². The summed E-state index contributed by atoms with van der Waals surface area (Å²) in [6.45, 7) is 7.22. The molecule has 3 rings (SSSR count). The quantitative estimate of drug-likeness (QED) is 0.341. The average molecular weight is 475 g/mol. The lowest BCUT2D eigenvalue weighted by atomic mass is 9.86. The van der Waals surface area contributed by atoms with Crippen LogP contribution < -0.4 is 10.5 Å². The van der Waals surface area contributed by atoms with Gasteiger partial charge >= 0.3 is 5.97 Å². The number of nitrogens with zero attached hydrogens (tertiary/aromatic N) is 1. The van der Waals surface area contributed by atoms with Crippen LogP contribution in [0.15, 0.2) is 39.6 Å². The second-order valence-corrected chi connectivity index (χ2v) is 10.1. The second kappa shape index (κ2) is 9.52. The van der Waals surface area contributed by atoms with E-state index in [1.165, 1.54) is 0 Å². The molecule has 2 aromatic rings. The normalized spacial score (nSPS) is 18.5. The first-order valence-electron chi connectivity index (χ1n) is 10.7. The van der Waals surface area contributed by atoms with E-state index in [4.69, 9.17) is 20.3 Å². The van der Waals surface area contributed by atoms with Gasteiger partial charge in [0, 0.05) is 12.0 Å². The summed E-state index contributed by atoms with van der Waals surface area (Å²) in [5, 5.41) is 8.73. The fourth-order valence-corrected chi connectivity index (χ4v) is 5.63. The summed E-state index contributed by atoms with van der Waals surface area (Å²) >= 11 is 0. The highest BCUT2D eigenvalue weighted by Gasteiger charge is 2.36. The SMILES string of the molecule is Cc1c(C)c(S(=O)(=O)/N=C(\N)c2ccccc2)c(C)c2c1OC(C)(CCOCC(=O)O)CC2. The molecule has 8 nitrogen and oxygen atoms in total. The minimum atomic E-state index is -4.05. The molecule has 0 aliphatic carbocycles. The third-order valence-corrected chi connectivity index (χ3v) is 7.68. The fourth-order valence-electron chi connectivity index (χ4n) is 4.13. The molecule has 0 bridgehead atoms. The van der Waals surface area contributed by atoms with E-state index in [0.29, 0.717) is 41.7 Å². The van der Waals surface area contributed by atoms with Crippen molar-refractivity contribution in [3.63, 3.8) is 0 Å². The Morgan fingerprint density at radius 2 is 1.85 bits per heavy atom. The number of aliphatic carboxylic acids is 1. The van der Waals surface area contributed by atoms with Crippen molar-refractivity contribution in [2.75, 3.05) is 13.2 Å². The molecule has 0 radical (unpaired) electrons. The van der Waals surface area contributed by atoms with E-state index in [9.17, 15) is 13.2 Å². The van der Waals surface area contributed by atoms with Crippen molar-refractivity contribution in [1.82, 2.24) is 0 Å². The van der Waals surface area contributed by atoms with Gasteiger partial charge in [0.25, 0.3) is 10.0 Å². The number of amidine groups is 1. The summed E-state index contributed by atoms with van der Waals surface area (Å²) in [6.07, 6.45) is 1.79. The summed E-state index contributed by atoms with van der Waals surface area (Å²) in [6, 6.07) is 8.77. The molecule has 2 aromatic carbocycles. The minimum Gasteiger partial charge on any atom is -0.487 e. The molecule has 3 N–H and O–H groups in total. The fraction of sp³-hybridized carbons (Fsp3) is 0.417. The van der Waals surface area contributed by atoms with Crippen molar-refractivity contribution in [3.8, 4) is 5.75 Å². The number of hydrogen-bond donors (Lipinski definition) is 2. The van der Waals surface area contributed by atoms with Gasteiger partial charge in [0.2, 0.25) is 0 Å². The average Bonchev–Trinajstić information content (AvgIpc) is 2.75. The molecular formula is C24H30N2O6S. The van der Waals surface area contributed by atoms with Crippen molar-refractivity contribution in [1.29, 1.82) is 0 Å². The van der Waals surface area contributed by atoms with E-state index in [2.05, 4.69) is 4.40 Å². The topological polar surface area (TPSA) is 128 Å². The van der Waals surface area contributed by atoms with Crippen LogP contribution in [0.5, 0.6) is 5.75 Å². The summed E-state index contributed by atoms with van der Waals surface area (Å²) in [5.41, 5.74) is 8.77. The van der Waals surface area contributed by atoms with Crippen LogP contribution in [0.4, 0.5) is 0 Å². The first-order chi connectivity index (χ1) is 15.4. The standard InChI is InChI=1S/C24H30N2O6S/c1-15-16(2)22(33(29,30)26-23(25)18-8-6-5-7-9-18)17(3)19-10-11-24(4,32-21(15)19)12-13-31-14-20(27)28/h5-9H,10-14H2,1-4H3,(H2,25,26)(H,27,28). The van der Waals surface area contributed by atoms with E-state index in [-0.39, 0.29) is 23.9 Å². The predicted octanol–water partition coefficient (Wildman–Crippen LogP) is 3.28.